The summed E-state index contributed by atoms with van der Waals surface area (Å²) in [5.41, 5.74) is 1.62. The van der Waals surface area contributed by atoms with Crippen LogP contribution in [-0.4, -0.2) is 26.5 Å². The van der Waals surface area contributed by atoms with Crippen LogP contribution >= 0.6 is 0 Å². The second-order valence-electron chi connectivity index (χ2n) is 7.00. The van der Waals surface area contributed by atoms with Gasteiger partial charge in [0.1, 0.15) is 4.90 Å². The Bertz CT molecular complexity index is 1030. The number of aromatic nitrogens is 1. The lowest BCUT2D eigenvalue weighted by molar-refractivity contribution is 0.446. The molecule has 2 heterocycles. The van der Waals surface area contributed by atoms with Gasteiger partial charge in [0.2, 0.25) is 9.84 Å². The van der Waals surface area contributed by atoms with Crippen molar-refractivity contribution in [1.29, 1.82) is 0 Å². The number of hydrogen-bond acceptors (Lipinski definition) is 4. The first-order valence-corrected chi connectivity index (χ1v) is 10.5. The second kappa shape index (κ2) is 6.72. The monoisotopic (exact) mass is 366 g/mol. The summed E-state index contributed by atoms with van der Waals surface area (Å²) in [6, 6.07) is 16.4. The van der Waals surface area contributed by atoms with Crippen molar-refractivity contribution in [1.82, 2.24) is 4.98 Å². The Kier molecular flexibility index (Phi) is 4.41. The van der Waals surface area contributed by atoms with Crippen LogP contribution in [0.4, 0.5) is 5.69 Å². The van der Waals surface area contributed by atoms with Gasteiger partial charge in [-0.3, -0.25) is 4.98 Å². The minimum Gasteiger partial charge on any atom is -0.370 e. The smallest absolute Gasteiger partial charge is 0.210 e. The number of nitrogens with zero attached hydrogens (tertiary/aromatic N) is 2. The van der Waals surface area contributed by atoms with E-state index in [0.29, 0.717) is 15.7 Å². The minimum atomic E-state index is -3.63. The molecule has 0 aliphatic carbocycles. The number of piperidine rings is 1. The summed E-state index contributed by atoms with van der Waals surface area (Å²) >= 11 is 0. The fourth-order valence-corrected chi connectivity index (χ4v) is 5.20. The van der Waals surface area contributed by atoms with E-state index in [1.54, 1.807) is 24.3 Å². The zero-order valence-electron chi connectivity index (χ0n) is 14.8. The van der Waals surface area contributed by atoms with E-state index in [9.17, 15) is 8.42 Å². The van der Waals surface area contributed by atoms with E-state index in [1.807, 2.05) is 30.3 Å². The lowest BCUT2D eigenvalue weighted by Crippen LogP contribution is -2.35. The zero-order chi connectivity index (χ0) is 18.1. The van der Waals surface area contributed by atoms with Gasteiger partial charge < -0.3 is 4.90 Å². The molecular weight excluding hydrogens is 344 g/mol. The molecule has 2 aromatic carbocycles. The van der Waals surface area contributed by atoms with Gasteiger partial charge in [-0.15, -0.1) is 0 Å². The van der Waals surface area contributed by atoms with E-state index >= 15 is 0 Å². The number of hydrogen-bond donors (Lipinski definition) is 0. The average molecular weight is 366 g/mol. The van der Waals surface area contributed by atoms with Crippen molar-refractivity contribution in [3.8, 4) is 0 Å². The van der Waals surface area contributed by atoms with Crippen LogP contribution in [0.2, 0.25) is 0 Å². The summed E-state index contributed by atoms with van der Waals surface area (Å²) in [6.07, 6.45) is 3.78. The standard InChI is InChI=1S/C21H22N2O2S/c1-16-8-7-13-23(15-16)21-18-11-5-6-12-19(18)22-14-20(21)26(24,25)17-9-3-2-4-10-17/h2-6,9-12,14,16H,7-8,13,15H2,1H3/t16-/m1/s1. The van der Waals surface area contributed by atoms with Crippen LogP contribution in [0.15, 0.2) is 70.6 Å². The molecule has 134 valence electrons. The van der Waals surface area contributed by atoms with E-state index in [1.165, 1.54) is 12.6 Å². The van der Waals surface area contributed by atoms with Gasteiger partial charge in [-0.2, -0.15) is 0 Å². The minimum absolute atomic E-state index is 0.302. The van der Waals surface area contributed by atoms with E-state index in [2.05, 4.69) is 16.8 Å². The third-order valence-electron chi connectivity index (χ3n) is 5.03. The maximum absolute atomic E-state index is 13.4. The molecule has 1 aromatic heterocycles. The van der Waals surface area contributed by atoms with Gasteiger partial charge in [0.25, 0.3) is 0 Å². The quantitative estimate of drug-likeness (QED) is 0.693. The molecule has 4 rings (SSSR count). The Morgan fingerprint density at radius 1 is 1.04 bits per heavy atom. The van der Waals surface area contributed by atoms with Crippen molar-refractivity contribution in [2.45, 2.75) is 29.6 Å². The summed E-state index contributed by atoms with van der Waals surface area (Å²) in [4.78, 5) is 7.28. The highest BCUT2D eigenvalue weighted by atomic mass is 32.2. The molecular formula is C21H22N2O2S. The van der Waals surface area contributed by atoms with Crippen LogP contribution in [0.1, 0.15) is 19.8 Å². The molecule has 1 aliphatic heterocycles. The summed E-state index contributed by atoms with van der Waals surface area (Å²) in [5.74, 6) is 0.544. The molecule has 0 spiro atoms. The van der Waals surface area contributed by atoms with E-state index in [-0.39, 0.29) is 0 Å². The third-order valence-corrected chi connectivity index (χ3v) is 6.80. The molecule has 3 aromatic rings. The van der Waals surface area contributed by atoms with Crippen LogP contribution in [0.25, 0.3) is 10.9 Å². The topological polar surface area (TPSA) is 50.3 Å². The molecule has 0 amide bonds. The molecule has 26 heavy (non-hydrogen) atoms. The molecule has 0 saturated carbocycles. The fraction of sp³-hybridized carbons (Fsp3) is 0.286. The summed E-state index contributed by atoms with van der Waals surface area (Å²) in [7, 11) is -3.63. The normalized spacial score (nSPS) is 18.2. The van der Waals surface area contributed by atoms with Crippen molar-refractivity contribution < 1.29 is 8.42 Å². The first-order valence-electron chi connectivity index (χ1n) is 9.00. The van der Waals surface area contributed by atoms with Crippen LogP contribution in [0.5, 0.6) is 0 Å². The van der Waals surface area contributed by atoms with E-state index in [4.69, 9.17) is 0 Å². The Hall–Kier alpha value is -2.40. The average Bonchev–Trinajstić information content (AvgIpc) is 2.67. The number of pyridine rings is 1. The van der Waals surface area contributed by atoms with Gasteiger partial charge in [-0.05, 0) is 37.0 Å². The molecule has 5 heteroatoms. The van der Waals surface area contributed by atoms with Crippen molar-refractivity contribution >= 4 is 26.4 Å². The number of rotatable bonds is 3. The SMILES string of the molecule is C[C@@H]1CCCN(c2c(S(=O)(=O)c3ccccc3)cnc3ccccc23)C1. The van der Waals surface area contributed by atoms with Crippen LogP contribution in [0.3, 0.4) is 0 Å². The highest BCUT2D eigenvalue weighted by Gasteiger charge is 2.28. The first kappa shape index (κ1) is 17.0. The van der Waals surface area contributed by atoms with E-state index < -0.39 is 9.84 Å². The van der Waals surface area contributed by atoms with Crippen molar-refractivity contribution in [2.75, 3.05) is 18.0 Å². The second-order valence-corrected chi connectivity index (χ2v) is 8.92. The predicted octanol–water partition coefficient (Wildman–Crippen LogP) is 4.30. The van der Waals surface area contributed by atoms with Crippen molar-refractivity contribution in [3.05, 3.63) is 60.8 Å². The molecule has 0 bridgehead atoms. The van der Waals surface area contributed by atoms with Crippen LogP contribution in [-0.2, 0) is 9.84 Å². The number of anilines is 1. The van der Waals surface area contributed by atoms with Gasteiger partial charge in [-0.1, -0.05) is 43.3 Å². The molecule has 4 nitrogen and oxygen atoms in total. The number of fused-ring (bicyclic) bond motifs is 1. The molecule has 1 atom stereocenters. The van der Waals surface area contributed by atoms with Gasteiger partial charge in [0, 0.05) is 24.7 Å². The molecule has 0 unspecified atom stereocenters. The number of para-hydroxylation sites is 1. The highest BCUT2D eigenvalue weighted by molar-refractivity contribution is 7.91. The summed E-state index contributed by atoms with van der Waals surface area (Å²) < 4.78 is 26.7. The first-order chi connectivity index (χ1) is 12.6. The van der Waals surface area contributed by atoms with Crippen LogP contribution in [0, 0.1) is 5.92 Å². The van der Waals surface area contributed by atoms with Gasteiger partial charge in [0.15, 0.2) is 0 Å². The number of sulfone groups is 1. The van der Waals surface area contributed by atoms with Crippen molar-refractivity contribution in [2.24, 2.45) is 5.92 Å². The fourth-order valence-electron chi connectivity index (χ4n) is 3.75. The maximum Gasteiger partial charge on any atom is 0.210 e. The lowest BCUT2D eigenvalue weighted by Gasteiger charge is -2.34. The molecule has 0 N–H and O–H groups in total. The summed E-state index contributed by atoms with van der Waals surface area (Å²) in [6.45, 7) is 3.96. The zero-order valence-corrected chi connectivity index (χ0v) is 15.6. The van der Waals surface area contributed by atoms with E-state index in [0.717, 1.165) is 36.1 Å². The largest absolute Gasteiger partial charge is 0.370 e. The summed E-state index contributed by atoms with van der Waals surface area (Å²) in [5, 5.41) is 0.901. The third kappa shape index (κ3) is 2.97. The number of benzene rings is 2. The van der Waals surface area contributed by atoms with Gasteiger partial charge >= 0.3 is 0 Å². The van der Waals surface area contributed by atoms with Gasteiger partial charge in [0.05, 0.1) is 16.1 Å². The Morgan fingerprint density at radius 3 is 2.54 bits per heavy atom. The molecule has 1 aliphatic rings. The van der Waals surface area contributed by atoms with Crippen LogP contribution < -0.4 is 4.90 Å². The molecule has 0 radical (unpaired) electrons. The molecule has 1 saturated heterocycles. The van der Waals surface area contributed by atoms with Crippen molar-refractivity contribution in [3.63, 3.8) is 0 Å². The molecule has 1 fully saturated rings. The highest BCUT2D eigenvalue weighted by Crippen LogP contribution is 2.37. The lowest BCUT2D eigenvalue weighted by atomic mass is 9.99. The Labute approximate surface area is 154 Å². The predicted molar refractivity (Wildman–Crippen MR) is 104 cm³/mol. The Morgan fingerprint density at radius 2 is 1.77 bits per heavy atom. The van der Waals surface area contributed by atoms with Gasteiger partial charge in [-0.25, -0.2) is 8.42 Å². The Balaban J connectivity index is 1.96. The maximum atomic E-state index is 13.4.